The van der Waals surface area contributed by atoms with Crippen LogP contribution in [-0.4, -0.2) is 32.3 Å². The SMILES string of the molecule is CCCCC1NC(C(=O)OC)=C(C(=O)OC)N1. The summed E-state index contributed by atoms with van der Waals surface area (Å²) >= 11 is 0. The Labute approximate surface area is 100 Å². The number of esters is 2. The lowest BCUT2D eigenvalue weighted by molar-refractivity contribution is -0.139. The molecule has 0 aliphatic carbocycles. The molecule has 0 unspecified atom stereocenters. The van der Waals surface area contributed by atoms with Crippen molar-refractivity contribution in [2.75, 3.05) is 14.2 Å². The maximum atomic E-state index is 11.5. The largest absolute Gasteiger partial charge is 0.464 e. The Morgan fingerprint density at radius 3 is 1.94 bits per heavy atom. The van der Waals surface area contributed by atoms with Gasteiger partial charge >= 0.3 is 11.9 Å². The molecule has 0 fully saturated rings. The molecule has 96 valence electrons. The summed E-state index contributed by atoms with van der Waals surface area (Å²) in [6.07, 6.45) is 2.73. The molecule has 0 aromatic rings. The van der Waals surface area contributed by atoms with Crippen molar-refractivity contribution in [3.63, 3.8) is 0 Å². The molecule has 0 spiro atoms. The van der Waals surface area contributed by atoms with Crippen molar-refractivity contribution in [3.8, 4) is 0 Å². The smallest absolute Gasteiger partial charge is 0.356 e. The van der Waals surface area contributed by atoms with Crippen LogP contribution in [0.5, 0.6) is 0 Å². The Morgan fingerprint density at radius 2 is 1.59 bits per heavy atom. The van der Waals surface area contributed by atoms with Crippen molar-refractivity contribution >= 4 is 11.9 Å². The Balaban J connectivity index is 2.77. The lowest BCUT2D eigenvalue weighted by Gasteiger charge is -2.12. The van der Waals surface area contributed by atoms with Crippen LogP contribution in [-0.2, 0) is 19.1 Å². The molecule has 2 N–H and O–H groups in total. The maximum Gasteiger partial charge on any atom is 0.356 e. The molecule has 0 bridgehead atoms. The first-order valence-electron chi connectivity index (χ1n) is 5.58. The van der Waals surface area contributed by atoms with Gasteiger partial charge in [0.05, 0.1) is 20.4 Å². The third-order valence-electron chi connectivity index (χ3n) is 2.51. The van der Waals surface area contributed by atoms with Crippen molar-refractivity contribution in [1.29, 1.82) is 0 Å². The number of carbonyl (C=O) groups is 2. The second-order valence-corrected chi connectivity index (χ2v) is 3.72. The van der Waals surface area contributed by atoms with Gasteiger partial charge in [-0.25, -0.2) is 9.59 Å². The zero-order valence-corrected chi connectivity index (χ0v) is 10.3. The second-order valence-electron chi connectivity index (χ2n) is 3.72. The molecule has 17 heavy (non-hydrogen) atoms. The Kier molecular flexibility index (Phi) is 4.81. The summed E-state index contributed by atoms with van der Waals surface area (Å²) in [5, 5.41) is 5.87. The van der Waals surface area contributed by atoms with E-state index in [1.54, 1.807) is 0 Å². The van der Waals surface area contributed by atoms with E-state index in [-0.39, 0.29) is 17.6 Å². The highest BCUT2D eigenvalue weighted by atomic mass is 16.5. The highest BCUT2D eigenvalue weighted by Gasteiger charge is 2.31. The van der Waals surface area contributed by atoms with Gasteiger partial charge in [-0.05, 0) is 12.8 Å². The number of carbonyl (C=O) groups excluding carboxylic acids is 2. The zero-order valence-electron chi connectivity index (χ0n) is 10.3. The molecule has 6 nitrogen and oxygen atoms in total. The average molecular weight is 242 g/mol. The normalized spacial score (nSPS) is 15.2. The average Bonchev–Trinajstić information content (AvgIpc) is 2.78. The molecule has 0 atom stereocenters. The minimum Gasteiger partial charge on any atom is -0.464 e. The fourth-order valence-electron chi connectivity index (χ4n) is 1.61. The third kappa shape index (κ3) is 3.12. The molecule has 6 heteroatoms. The van der Waals surface area contributed by atoms with E-state index in [0.29, 0.717) is 0 Å². The van der Waals surface area contributed by atoms with Gasteiger partial charge in [0.15, 0.2) is 11.4 Å². The van der Waals surface area contributed by atoms with Crippen LogP contribution in [0.25, 0.3) is 0 Å². The second kappa shape index (κ2) is 6.12. The number of methoxy groups -OCH3 is 2. The van der Waals surface area contributed by atoms with Crippen molar-refractivity contribution < 1.29 is 19.1 Å². The van der Waals surface area contributed by atoms with Crippen LogP contribution in [0.4, 0.5) is 0 Å². The first-order valence-corrected chi connectivity index (χ1v) is 5.58. The van der Waals surface area contributed by atoms with Crippen LogP contribution in [0.3, 0.4) is 0 Å². The highest BCUT2D eigenvalue weighted by molar-refractivity contribution is 6.00. The van der Waals surface area contributed by atoms with E-state index in [4.69, 9.17) is 0 Å². The molecule has 0 saturated heterocycles. The lowest BCUT2D eigenvalue weighted by Crippen LogP contribution is -2.34. The molecule has 0 aromatic heterocycles. The van der Waals surface area contributed by atoms with Crippen LogP contribution < -0.4 is 10.6 Å². The number of rotatable bonds is 5. The Bertz CT molecular complexity index is 310. The van der Waals surface area contributed by atoms with Crippen molar-refractivity contribution in [1.82, 2.24) is 10.6 Å². The van der Waals surface area contributed by atoms with Gasteiger partial charge < -0.3 is 20.1 Å². The monoisotopic (exact) mass is 242 g/mol. The quantitative estimate of drug-likeness (QED) is 0.673. The van der Waals surface area contributed by atoms with Crippen LogP contribution in [0.2, 0.25) is 0 Å². The molecule has 1 aliphatic rings. The molecule has 0 radical (unpaired) electrons. The Hall–Kier alpha value is -1.72. The maximum absolute atomic E-state index is 11.5. The minimum atomic E-state index is -0.572. The zero-order chi connectivity index (χ0) is 12.8. The van der Waals surface area contributed by atoms with Gasteiger partial charge in [0.25, 0.3) is 0 Å². The molecule has 0 saturated carbocycles. The number of ether oxygens (including phenoxy) is 2. The molecule has 1 heterocycles. The molecular weight excluding hydrogens is 224 g/mol. The van der Waals surface area contributed by atoms with Crippen molar-refractivity contribution in [2.24, 2.45) is 0 Å². The van der Waals surface area contributed by atoms with E-state index >= 15 is 0 Å². The van der Waals surface area contributed by atoms with E-state index in [0.717, 1.165) is 19.3 Å². The van der Waals surface area contributed by atoms with E-state index in [9.17, 15) is 9.59 Å². The van der Waals surface area contributed by atoms with Gasteiger partial charge in [-0.15, -0.1) is 0 Å². The lowest BCUT2D eigenvalue weighted by atomic mass is 10.2. The highest BCUT2D eigenvalue weighted by Crippen LogP contribution is 2.14. The van der Waals surface area contributed by atoms with Crippen LogP contribution >= 0.6 is 0 Å². The van der Waals surface area contributed by atoms with E-state index in [1.807, 2.05) is 0 Å². The summed E-state index contributed by atoms with van der Waals surface area (Å²) in [6.45, 7) is 2.07. The molecular formula is C11H18N2O4. The van der Waals surface area contributed by atoms with E-state index in [2.05, 4.69) is 27.0 Å². The summed E-state index contributed by atoms with van der Waals surface area (Å²) in [5.41, 5.74) is 0.279. The summed E-state index contributed by atoms with van der Waals surface area (Å²) in [7, 11) is 2.54. The number of unbranched alkanes of at least 4 members (excludes halogenated alkanes) is 1. The predicted molar refractivity (Wildman–Crippen MR) is 60.6 cm³/mol. The minimum absolute atomic E-state index is 0.127. The van der Waals surface area contributed by atoms with Gasteiger partial charge in [0.2, 0.25) is 0 Å². The standard InChI is InChI=1S/C11H18N2O4/c1-4-5-6-7-12-8(10(14)16-2)9(13-7)11(15)17-3/h7,12-13H,4-6H2,1-3H3. The number of nitrogens with one attached hydrogen (secondary N) is 2. The van der Waals surface area contributed by atoms with Gasteiger partial charge in [0, 0.05) is 0 Å². The predicted octanol–water partition coefficient (Wildman–Crippen LogP) is 0.253. The molecule has 1 aliphatic heterocycles. The van der Waals surface area contributed by atoms with Gasteiger partial charge in [-0.2, -0.15) is 0 Å². The summed E-state index contributed by atoms with van der Waals surface area (Å²) in [6, 6.07) is 0. The van der Waals surface area contributed by atoms with Crippen LogP contribution in [0.15, 0.2) is 11.4 Å². The first kappa shape index (κ1) is 13.3. The molecule has 0 aromatic carbocycles. The van der Waals surface area contributed by atoms with Gasteiger partial charge in [-0.3, -0.25) is 0 Å². The topological polar surface area (TPSA) is 76.7 Å². The first-order chi connectivity index (χ1) is 8.13. The molecule has 1 rings (SSSR count). The summed E-state index contributed by atoms with van der Waals surface area (Å²) in [5.74, 6) is -1.14. The van der Waals surface area contributed by atoms with Crippen molar-refractivity contribution in [3.05, 3.63) is 11.4 Å². The van der Waals surface area contributed by atoms with E-state index < -0.39 is 11.9 Å². The number of hydrogen-bond donors (Lipinski definition) is 2. The number of hydrogen-bond acceptors (Lipinski definition) is 6. The third-order valence-corrected chi connectivity index (χ3v) is 2.51. The summed E-state index contributed by atoms with van der Waals surface area (Å²) in [4.78, 5) is 22.9. The fraction of sp³-hybridized carbons (Fsp3) is 0.636. The van der Waals surface area contributed by atoms with Gasteiger partial charge in [-0.1, -0.05) is 13.3 Å². The summed E-state index contributed by atoms with van der Waals surface area (Å²) < 4.78 is 9.21. The Morgan fingerprint density at radius 1 is 1.12 bits per heavy atom. The van der Waals surface area contributed by atoms with Crippen LogP contribution in [0, 0.1) is 0 Å². The van der Waals surface area contributed by atoms with E-state index in [1.165, 1.54) is 14.2 Å². The van der Waals surface area contributed by atoms with Gasteiger partial charge in [0.1, 0.15) is 0 Å². The molecule has 0 amide bonds. The fourth-order valence-corrected chi connectivity index (χ4v) is 1.61. The van der Waals surface area contributed by atoms with Crippen molar-refractivity contribution in [2.45, 2.75) is 32.4 Å². The van der Waals surface area contributed by atoms with Crippen LogP contribution in [0.1, 0.15) is 26.2 Å².